The van der Waals surface area contributed by atoms with E-state index in [9.17, 15) is 39.9 Å². The predicted octanol–water partition coefficient (Wildman–Crippen LogP) is 5.03. The zero-order valence-corrected chi connectivity index (χ0v) is 19.5. The molecule has 5 nitrogen and oxygen atoms in total. The quantitative estimate of drug-likeness (QED) is 0.564. The number of halogens is 7. The summed E-state index contributed by atoms with van der Waals surface area (Å²) in [5, 5.41) is 9.81. The number of aliphatic hydroxyl groups is 1. The molecule has 0 bridgehead atoms. The number of hydrogen-bond donors (Lipinski definition) is 1. The zero-order chi connectivity index (χ0) is 25.7. The van der Waals surface area contributed by atoms with Crippen LogP contribution in [0.1, 0.15) is 25.0 Å². The van der Waals surface area contributed by atoms with E-state index in [0.717, 1.165) is 34.6 Å². The maximum absolute atomic E-state index is 13.5. The smallest absolute Gasteiger partial charge is 0.376 e. The lowest BCUT2D eigenvalue weighted by molar-refractivity contribution is -0.258. The molecule has 1 N–H and O–H groups in total. The summed E-state index contributed by atoms with van der Waals surface area (Å²) in [6.45, 7) is 1.62. The highest BCUT2D eigenvalue weighted by Gasteiger charge is 2.51. The number of benzene rings is 2. The maximum Gasteiger partial charge on any atom is 0.421 e. The molecule has 1 saturated heterocycles. The fourth-order valence-electron chi connectivity index (χ4n) is 3.79. The van der Waals surface area contributed by atoms with Crippen molar-refractivity contribution in [2.24, 2.45) is 0 Å². The van der Waals surface area contributed by atoms with Gasteiger partial charge < -0.3 is 10.0 Å². The van der Waals surface area contributed by atoms with Crippen LogP contribution in [0.5, 0.6) is 0 Å². The molecule has 13 heteroatoms. The monoisotopic (exact) mass is 530 g/mol. The molecule has 0 spiro atoms. The molecular weight excluding hydrogens is 510 g/mol. The Bertz CT molecular complexity index is 1170. The Kier molecular flexibility index (Phi) is 6.95. The molecule has 1 aliphatic heterocycles. The first-order valence-corrected chi connectivity index (χ1v) is 11.8. The van der Waals surface area contributed by atoms with E-state index >= 15 is 0 Å². The summed E-state index contributed by atoms with van der Waals surface area (Å²) in [6.07, 6.45) is -9.72. The molecule has 2 aromatic carbocycles. The fourth-order valence-corrected chi connectivity index (χ4v) is 5.62. The molecule has 0 aliphatic carbocycles. The zero-order valence-electron chi connectivity index (χ0n) is 18.0. The third-order valence-corrected chi connectivity index (χ3v) is 7.97. The molecule has 3 rings (SSSR count). The molecule has 2 atom stereocenters. The van der Waals surface area contributed by atoms with Crippen LogP contribution in [-0.2, 0) is 21.8 Å². The Morgan fingerprint density at radius 3 is 2.24 bits per heavy atom. The fraction of sp³-hybridized carbons (Fsp3) is 0.429. The minimum atomic E-state index is -5.04. The summed E-state index contributed by atoms with van der Waals surface area (Å²) in [5.41, 5.74) is -5.02. The van der Waals surface area contributed by atoms with Crippen molar-refractivity contribution in [2.75, 3.05) is 24.5 Å². The molecule has 2 aromatic rings. The van der Waals surface area contributed by atoms with Gasteiger partial charge >= 0.3 is 12.4 Å². The molecule has 0 saturated carbocycles. The van der Waals surface area contributed by atoms with E-state index in [2.05, 4.69) is 0 Å². The van der Waals surface area contributed by atoms with Crippen LogP contribution in [0.3, 0.4) is 0 Å². The summed E-state index contributed by atoms with van der Waals surface area (Å²) < 4.78 is 107. The molecule has 0 aromatic heterocycles. The van der Waals surface area contributed by atoms with Crippen molar-refractivity contribution in [1.82, 2.24) is 4.31 Å². The van der Waals surface area contributed by atoms with Gasteiger partial charge in [-0.1, -0.05) is 23.7 Å². The summed E-state index contributed by atoms with van der Waals surface area (Å²) in [4.78, 5) is 0.929. The van der Waals surface area contributed by atoms with Crippen LogP contribution < -0.4 is 4.90 Å². The maximum atomic E-state index is 13.5. The minimum absolute atomic E-state index is 0.0890. The van der Waals surface area contributed by atoms with Crippen LogP contribution in [0.25, 0.3) is 0 Å². The van der Waals surface area contributed by atoms with Crippen LogP contribution in [0.15, 0.2) is 47.4 Å². The molecule has 0 amide bonds. The third-order valence-electron chi connectivity index (χ3n) is 5.73. The number of anilines is 1. The van der Waals surface area contributed by atoms with Gasteiger partial charge in [0.15, 0.2) is 5.60 Å². The van der Waals surface area contributed by atoms with E-state index in [1.54, 1.807) is 0 Å². The molecule has 1 fully saturated rings. The van der Waals surface area contributed by atoms with Gasteiger partial charge in [0.1, 0.15) is 0 Å². The first-order chi connectivity index (χ1) is 15.5. The van der Waals surface area contributed by atoms with Crippen molar-refractivity contribution in [3.05, 3.63) is 58.6 Å². The topological polar surface area (TPSA) is 60.9 Å². The van der Waals surface area contributed by atoms with Crippen LogP contribution >= 0.6 is 11.6 Å². The standard InChI is InChI=1S/C21H21ClF6N2O3S/c1-13-12-29(18-7-6-15(22)11-17(18)20(23,24)25)8-9-30(13)34(32,33)16-5-3-4-14(10-16)19(2,31)21(26,27)28/h3-7,10-11,13,31H,8-9,12H2,1-2H3/t13-,19?/m1/s1. The van der Waals surface area contributed by atoms with E-state index in [-0.39, 0.29) is 30.3 Å². The second-order valence-electron chi connectivity index (χ2n) is 8.17. The highest BCUT2D eigenvalue weighted by Crippen LogP contribution is 2.41. The average Bonchev–Trinajstić information content (AvgIpc) is 2.72. The lowest BCUT2D eigenvalue weighted by Crippen LogP contribution is -2.54. The number of hydrogen-bond acceptors (Lipinski definition) is 4. The number of rotatable bonds is 4. The first kappa shape index (κ1) is 26.6. The Balaban J connectivity index is 1.89. The highest BCUT2D eigenvalue weighted by atomic mass is 35.5. The lowest BCUT2D eigenvalue weighted by atomic mass is 9.96. The summed E-state index contributed by atoms with van der Waals surface area (Å²) in [7, 11) is -4.31. The van der Waals surface area contributed by atoms with Gasteiger partial charge in [0.25, 0.3) is 0 Å². The van der Waals surface area contributed by atoms with Gasteiger partial charge in [0.2, 0.25) is 10.0 Å². The number of alkyl halides is 6. The van der Waals surface area contributed by atoms with Gasteiger partial charge in [-0.15, -0.1) is 0 Å². The van der Waals surface area contributed by atoms with Gasteiger partial charge in [-0.3, -0.25) is 0 Å². The summed E-state index contributed by atoms with van der Waals surface area (Å²) in [5.74, 6) is 0. The van der Waals surface area contributed by atoms with Gasteiger partial charge in [0.05, 0.1) is 10.5 Å². The van der Waals surface area contributed by atoms with Crippen LogP contribution in [-0.4, -0.2) is 49.7 Å². The third kappa shape index (κ3) is 5.00. The van der Waals surface area contributed by atoms with Crippen LogP contribution in [0.2, 0.25) is 5.02 Å². The number of nitrogens with zero attached hydrogens (tertiary/aromatic N) is 2. The average molecular weight is 531 g/mol. The Labute approximate surface area is 197 Å². The summed E-state index contributed by atoms with van der Waals surface area (Å²) in [6, 6.07) is 6.42. The first-order valence-electron chi connectivity index (χ1n) is 9.99. The molecule has 1 unspecified atom stereocenters. The van der Waals surface area contributed by atoms with Crippen molar-refractivity contribution >= 4 is 27.3 Å². The van der Waals surface area contributed by atoms with Gasteiger partial charge in [-0.2, -0.15) is 30.6 Å². The van der Waals surface area contributed by atoms with Crippen molar-refractivity contribution in [3.63, 3.8) is 0 Å². The number of sulfonamides is 1. The van der Waals surface area contributed by atoms with Crippen LogP contribution in [0.4, 0.5) is 32.0 Å². The van der Waals surface area contributed by atoms with Crippen molar-refractivity contribution < 1.29 is 39.9 Å². The van der Waals surface area contributed by atoms with Crippen molar-refractivity contribution in [3.8, 4) is 0 Å². The molecular formula is C21H21ClF6N2O3S. The Morgan fingerprint density at radius 1 is 1.03 bits per heavy atom. The van der Waals surface area contributed by atoms with Crippen LogP contribution in [0, 0.1) is 0 Å². The second-order valence-corrected chi connectivity index (χ2v) is 10.5. The molecule has 34 heavy (non-hydrogen) atoms. The van der Waals surface area contributed by atoms with E-state index < -0.39 is 50.0 Å². The minimum Gasteiger partial charge on any atom is -0.376 e. The van der Waals surface area contributed by atoms with E-state index in [4.69, 9.17) is 11.6 Å². The SMILES string of the molecule is C[C@@H]1CN(c2ccc(Cl)cc2C(F)(F)F)CCN1S(=O)(=O)c1cccc(C(C)(O)C(F)(F)F)c1. The van der Waals surface area contributed by atoms with Gasteiger partial charge in [0, 0.05) is 36.4 Å². The van der Waals surface area contributed by atoms with Crippen molar-refractivity contribution in [2.45, 2.75) is 42.7 Å². The molecule has 188 valence electrons. The Hall–Kier alpha value is -2.02. The molecule has 1 heterocycles. The van der Waals surface area contributed by atoms with Crippen molar-refractivity contribution in [1.29, 1.82) is 0 Å². The van der Waals surface area contributed by atoms with Gasteiger partial charge in [-0.05, 0) is 49.7 Å². The van der Waals surface area contributed by atoms with E-state index in [1.807, 2.05) is 0 Å². The number of piperazine rings is 1. The normalized spacial score (nSPS) is 20.3. The highest BCUT2D eigenvalue weighted by molar-refractivity contribution is 7.89. The largest absolute Gasteiger partial charge is 0.421 e. The molecule has 0 radical (unpaired) electrons. The second kappa shape index (κ2) is 8.89. The summed E-state index contributed by atoms with van der Waals surface area (Å²) >= 11 is 5.72. The lowest BCUT2D eigenvalue weighted by Gasteiger charge is -2.41. The predicted molar refractivity (Wildman–Crippen MR) is 114 cm³/mol. The Morgan fingerprint density at radius 2 is 1.68 bits per heavy atom. The molecule has 1 aliphatic rings. The van der Waals surface area contributed by atoms with E-state index in [1.165, 1.54) is 24.0 Å². The van der Waals surface area contributed by atoms with E-state index in [0.29, 0.717) is 6.92 Å². The van der Waals surface area contributed by atoms with Gasteiger partial charge in [-0.25, -0.2) is 8.42 Å².